The van der Waals surface area contributed by atoms with Crippen LogP contribution < -0.4 is 14.8 Å². The number of anilines is 1. The molecule has 1 amide bonds. The lowest BCUT2D eigenvalue weighted by Crippen LogP contribution is -2.17. The first kappa shape index (κ1) is 12.5. The molecule has 0 atom stereocenters. The normalized spacial score (nSPS) is 12.8. The minimum Gasteiger partial charge on any atom is -0.486 e. The van der Waals surface area contributed by atoms with Crippen LogP contribution in [0.2, 0.25) is 0 Å². The second-order valence-corrected chi connectivity index (χ2v) is 4.57. The van der Waals surface area contributed by atoms with E-state index in [-0.39, 0.29) is 5.91 Å². The summed E-state index contributed by atoms with van der Waals surface area (Å²) >= 11 is 0. The van der Waals surface area contributed by atoms with Crippen LogP contribution in [0.5, 0.6) is 11.5 Å². The van der Waals surface area contributed by atoms with Gasteiger partial charge >= 0.3 is 0 Å². The van der Waals surface area contributed by atoms with Gasteiger partial charge in [0.2, 0.25) is 5.91 Å². The van der Waals surface area contributed by atoms with E-state index in [9.17, 15) is 4.79 Å². The molecule has 1 aliphatic rings. The van der Waals surface area contributed by atoms with Crippen LogP contribution in [0, 0.1) is 0 Å². The number of carbonyl (C=O) groups excluding carboxylic acids is 1. The van der Waals surface area contributed by atoms with Crippen molar-refractivity contribution in [1.29, 1.82) is 0 Å². The zero-order valence-corrected chi connectivity index (χ0v) is 11.0. The molecule has 1 heterocycles. The summed E-state index contributed by atoms with van der Waals surface area (Å²) in [4.78, 5) is 12.0. The third-order valence-corrected chi connectivity index (χ3v) is 3.03. The van der Waals surface area contributed by atoms with E-state index in [1.807, 2.05) is 42.5 Å². The van der Waals surface area contributed by atoms with Gasteiger partial charge in [0.1, 0.15) is 13.2 Å². The molecule has 0 spiro atoms. The van der Waals surface area contributed by atoms with Gasteiger partial charge in [0.05, 0.1) is 6.42 Å². The second-order valence-electron chi connectivity index (χ2n) is 4.57. The monoisotopic (exact) mass is 269 g/mol. The predicted molar refractivity (Wildman–Crippen MR) is 76.2 cm³/mol. The summed E-state index contributed by atoms with van der Waals surface area (Å²) in [6, 6.07) is 15.1. The molecule has 102 valence electrons. The van der Waals surface area contributed by atoms with E-state index in [0.717, 1.165) is 17.0 Å². The number of amides is 1. The Bertz CT molecular complexity index is 610. The summed E-state index contributed by atoms with van der Waals surface area (Å²) in [5.74, 6) is 1.35. The Balaban J connectivity index is 1.67. The van der Waals surface area contributed by atoms with Gasteiger partial charge in [-0.15, -0.1) is 0 Å². The van der Waals surface area contributed by atoms with Gasteiger partial charge in [-0.05, 0) is 17.7 Å². The Kier molecular flexibility index (Phi) is 3.54. The fourth-order valence-electron chi connectivity index (χ4n) is 2.11. The number of rotatable bonds is 3. The first-order chi connectivity index (χ1) is 9.81. The van der Waals surface area contributed by atoms with Crippen molar-refractivity contribution in [2.45, 2.75) is 6.42 Å². The van der Waals surface area contributed by atoms with E-state index >= 15 is 0 Å². The highest BCUT2D eigenvalue weighted by Gasteiger charge is 2.12. The molecule has 1 aliphatic heterocycles. The standard InChI is InChI=1S/C16H15NO3/c18-16(10-12-4-2-1-3-5-12)17-13-6-7-14-15(11-13)20-9-8-19-14/h1-7,11H,8-10H2,(H,17,18). The van der Waals surface area contributed by atoms with Crippen molar-refractivity contribution in [1.82, 2.24) is 0 Å². The van der Waals surface area contributed by atoms with E-state index in [4.69, 9.17) is 9.47 Å². The van der Waals surface area contributed by atoms with Gasteiger partial charge < -0.3 is 14.8 Å². The molecule has 4 nitrogen and oxygen atoms in total. The van der Waals surface area contributed by atoms with E-state index < -0.39 is 0 Å². The maximum Gasteiger partial charge on any atom is 0.228 e. The van der Waals surface area contributed by atoms with Gasteiger partial charge in [-0.3, -0.25) is 4.79 Å². The minimum absolute atomic E-state index is 0.0483. The molecule has 20 heavy (non-hydrogen) atoms. The Hall–Kier alpha value is -2.49. The number of hydrogen-bond acceptors (Lipinski definition) is 3. The lowest BCUT2D eigenvalue weighted by molar-refractivity contribution is -0.115. The summed E-state index contributed by atoms with van der Waals surface area (Å²) in [6.45, 7) is 1.10. The van der Waals surface area contributed by atoms with Gasteiger partial charge in [-0.2, -0.15) is 0 Å². The summed E-state index contributed by atoms with van der Waals surface area (Å²) in [5, 5.41) is 2.87. The lowest BCUT2D eigenvalue weighted by atomic mass is 10.1. The van der Waals surface area contributed by atoms with Gasteiger partial charge in [-0.1, -0.05) is 30.3 Å². The number of hydrogen-bond donors (Lipinski definition) is 1. The SMILES string of the molecule is O=C(Cc1ccccc1)Nc1ccc2c(c1)OCCO2. The van der Waals surface area contributed by atoms with Crippen molar-refractivity contribution in [3.8, 4) is 11.5 Å². The zero-order valence-electron chi connectivity index (χ0n) is 11.0. The second kappa shape index (κ2) is 5.65. The average molecular weight is 269 g/mol. The van der Waals surface area contributed by atoms with Gasteiger partial charge in [0.15, 0.2) is 11.5 Å². The maximum atomic E-state index is 12.0. The van der Waals surface area contributed by atoms with Crippen molar-refractivity contribution in [3.05, 3.63) is 54.1 Å². The molecular weight excluding hydrogens is 254 g/mol. The molecular formula is C16H15NO3. The van der Waals surface area contributed by atoms with Crippen molar-refractivity contribution < 1.29 is 14.3 Å². The van der Waals surface area contributed by atoms with Gasteiger partial charge in [0, 0.05) is 11.8 Å². The van der Waals surface area contributed by atoms with Crippen LogP contribution in [0.4, 0.5) is 5.69 Å². The smallest absolute Gasteiger partial charge is 0.228 e. The van der Waals surface area contributed by atoms with E-state index in [0.29, 0.717) is 25.4 Å². The molecule has 0 saturated carbocycles. The minimum atomic E-state index is -0.0483. The Morgan fingerprint density at radius 3 is 2.55 bits per heavy atom. The molecule has 0 aromatic heterocycles. The summed E-state index contributed by atoms with van der Waals surface area (Å²) in [6.07, 6.45) is 0.356. The molecule has 3 rings (SSSR count). The highest BCUT2D eigenvalue weighted by Crippen LogP contribution is 2.32. The Labute approximate surface area is 117 Å². The third-order valence-electron chi connectivity index (χ3n) is 3.03. The molecule has 0 aliphatic carbocycles. The average Bonchev–Trinajstić information content (AvgIpc) is 2.48. The molecule has 0 radical (unpaired) electrons. The first-order valence-corrected chi connectivity index (χ1v) is 6.55. The van der Waals surface area contributed by atoms with Crippen LogP contribution in [0.25, 0.3) is 0 Å². The zero-order chi connectivity index (χ0) is 13.8. The summed E-state index contributed by atoms with van der Waals surface area (Å²) < 4.78 is 10.9. The van der Waals surface area contributed by atoms with Gasteiger partial charge in [0.25, 0.3) is 0 Å². The lowest BCUT2D eigenvalue weighted by Gasteiger charge is -2.19. The van der Waals surface area contributed by atoms with Crippen molar-refractivity contribution in [2.24, 2.45) is 0 Å². The van der Waals surface area contributed by atoms with Crippen molar-refractivity contribution in [2.75, 3.05) is 18.5 Å². The van der Waals surface area contributed by atoms with E-state index in [1.165, 1.54) is 0 Å². The molecule has 2 aromatic rings. The third kappa shape index (κ3) is 2.91. The molecule has 0 bridgehead atoms. The highest BCUT2D eigenvalue weighted by molar-refractivity contribution is 5.92. The van der Waals surface area contributed by atoms with Crippen LogP contribution in [-0.2, 0) is 11.2 Å². The summed E-state index contributed by atoms with van der Waals surface area (Å²) in [7, 11) is 0. The fraction of sp³-hybridized carbons (Fsp3) is 0.188. The molecule has 0 fully saturated rings. The number of ether oxygens (including phenoxy) is 2. The molecule has 1 N–H and O–H groups in total. The largest absolute Gasteiger partial charge is 0.486 e. The predicted octanol–water partition coefficient (Wildman–Crippen LogP) is 2.64. The number of carbonyl (C=O) groups is 1. The number of fused-ring (bicyclic) bond motifs is 1. The van der Waals surface area contributed by atoms with Crippen LogP contribution in [-0.4, -0.2) is 19.1 Å². The van der Waals surface area contributed by atoms with Gasteiger partial charge in [-0.25, -0.2) is 0 Å². The van der Waals surface area contributed by atoms with Crippen LogP contribution >= 0.6 is 0 Å². The summed E-state index contributed by atoms with van der Waals surface area (Å²) in [5.41, 5.74) is 1.71. The van der Waals surface area contributed by atoms with Crippen molar-refractivity contribution >= 4 is 11.6 Å². The number of benzene rings is 2. The molecule has 0 unspecified atom stereocenters. The topological polar surface area (TPSA) is 47.6 Å². The molecule has 2 aromatic carbocycles. The van der Waals surface area contributed by atoms with Crippen molar-refractivity contribution in [3.63, 3.8) is 0 Å². The Morgan fingerprint density at radius 2 is 1.75 bits per heavy atom. The first-order valence-electron chi connectivity index (χ1n) is 6.55. The van der Waals surface area contributed by atoms with Crippen LogP contribution in [0.3, 0.4) is 0 Å². The van der Waals surface area contributed by atoms with E-state index in [1.54, 1.807) is 6.07 Å². The molecule has 0 saturated heterocycles. The fourth-order valence-corrected chi connectivity index (χ4v) is 2.11. The number of nitrogens with one attached hydrogen (secondary N) is 1. The quantitative estimate of drug-likeness (QED) is 0.931. The molecule has 4 heteroatoms. The van der Waals surface area contributed by atoms with Crippen LogP contribution in [0.1, 0.15) is 5.56 Å². The van der Waals surface area contributed by atoms with Crippen LogP contribution in [0.15, 0.2) is 48.5 Å². The Morgan fingerprint density at radius 1 is 1.00 bits per heavy atom. The maximum absolute atomic E-state index is 12.0. The highest BCUT2D eigenvalue weighted by atomic mass is 16.6. The van der Waals surface area contributed by atoms with E-state index in [2.05, 4.69) is 5.32 Å².